The first-order chi connectivity index (χ1) is 15.8. The first kappa shape index (κ1) is 23.5. The molecule has 0 saturated carbocycles. The zero-order chi connectivity index (χ0) is 23.4. The van der Waals surface area contributed by atoms with Gasteiger partial charge in [-0.3, -0.25) is 9.59 Å². The van der Waals surface area contributed by atoms with E-state index in [1.165, 1.54) is 35.3 Å². The average molecular weight is 492 g/mol. The summed E-state index contributed by atoms with van der Waals surface area (Å²) in [7, 11) is -3.56. The van der Waals surface area contributed by atoms with Crippen LogP contribution in [-0.2, 0) is 14.8 Å². The predicted molar refractivity (Wildman–Crippen MR) is 123 cm³/mol. The Balaban J connectivity index is 1.38. The number of nitrogens with one attached hydrogen (secondary N) is 1. The number of hydrogen-bond acceptors (Lipinski definition) is 8. The molecule has 0 radical (unpaired) electrons. The topological polar surface area (TPSA) is 115 Å². The van der Waals surface area contributed by atoms with E-state index in [1.807, 2.05) is 0 Å². The molecule has 2 aromatic rings. The molecule has 4 rings (SSSR count). The maximum absolute atomic E-state index is 12.9. The number of hydrogen-bond donors (Lipinski definition) is 1. The minimum Gasteiger partial charge on any atom is -0.454 e. The SMILES string of the molecule is CC(=O)c1cc2c(cc1NC(=O)CSc1ccc(S(=O)(=O)N3CCCCCC3)cn1)OCO2. The third kappa shape index (κ3) is 5.48. The monoisotopic (exact) mass is 491 g/mol. The van der Waals surface area contributed by atoms with Crippen molar-refractivity contribution in [2.75, 3.05) is 31.0 Å². The number of ketones is 1. The molecular formula is C22H25N3O6S2. The lowest BCUT2D eigenvalue weighted by atomic mass is 10.1. The number of ether oxygens (including phenoxy) is 2. The molecule has 11 heteroatoms. The van der Waals surface area contributed by atoms with E-state index < -0.39 is 10.0 Å². The van der Waals surface area contributed by atoms with E-state index in [0.717, 1.165) is 25.7 Å². The molecule has 0 aliphatic carbocycles. The van der Waals surface area contributed by atoms with Gasteiger partial charge in [-0.05, 0) is 38.0 Å². The van der Waals surface area contributed by atoms with Gasteiger partial charge in [0.05, 0.1) is 16.5 Å². The van der Waals surface area contributed by atoms with Crippen molar-refractivity contribution in [3.8, 4) is 11.5 Å². The molecule has 176 valence electrons. The summed E-state index contributed by atoms with van der Waals surface area (Å²) in [6, 6.07) is 6.25. The van der Waals surface area contributed by atoms with Crippen molar-refractivity contribution in [2.45, 2.75) is 42.5 Å². The number of aromatic nitrogens is 1. The summed E-state index contributed by atoms with van der Waals surface area (Å²) in [4.78, 5) is 28.8. The fourth-order valence-electron chi connectivity index (χ4n) is 3.70. The highest BCUT2D eigenvalue weighted by Crippen LogP contribution is 2.37. The summed E-state index contributed by atoms with van der Waals surface area (Å²) in [5.41, 5.74) is 0.683. The number of benzene rings is 1. The molecule has 0 unspecified atom stereocenters. The van der Waals surface area contributed by atoms with Gasteiger partial charge in [-0.2, -0.15) is 4.31 Å². The lowest BCUT2D eigenvalue weighted by molar-refractivity contribution is -0.113. The molecule has 2 aliphatic heterocycles. The maximum Gasteiger partial charge on any atom is 0.244 e. The van der Waals surface area contributed by atoms with Crippen LogP contribution in [0.4, 0.5) is 5.69 Å². The number of nitrogens with zero attached hydrogens (tertiary/aromatic N) is 2. The fourth-order valence-corrected chi connectivity index (χ4v) is 5.80. The molecule has 0 atom stereocenters. The van der Waals surface area contributed by atoms with Crippen molar-refractivity contribution in [1.82, 2.24) is 9.29 Å². The molecule has 33 heavy (non-hydrogen) atoms. The Hall–Kier alpha value is -2.63. The summed E-state index contributed by atoms with van der Waals surface area (Å²) in [6.07, 6.45) is 5.16. The van der Waals surface area contributed by atoms with E-state index in [0.29, 0.717) is 40.9 Å². The number of carbonyl (C=O) groups excluding carboxylic acids is 2. The number of pyridine rings is 1. The van der Waals surface area contributed by atoms with Crippen LogP contribution in [0.2, 0.25) is 0 Å². The molecule has 1 amide bonds. The first-order valence-electron chi connectivity index (χ1n) is 10.7. The fraction of sp³-hybridized carbons (Fsp3) is 0.409. The van der Waals surface area contributed by atoms with Crippen LogP contribution >= 0.6 is 11.8 Å². The number of carbonyl (C=O) groups is 2. The van der Waals surface area contributed by atoms with E-state index in [-0.39, 0.29) is 29.1 Å². The molecule has 1 N–H and O–H groups in total. The van der Waals surface area contributed by atoms with Gasteiger partial charge in [-0.15, -0.1) is 0 Å². The second kappa shape index (κ2) is 10.1. The molecule has 3 heterocycles. The van der Waals surface area contributed by atoms with Gasteiger partial charge in [0, 0.05) is 30.9 Å². The third-order valence-corrected chi connectivity index (χ3v) is 8.26. The maximum atomic E-state index is 12.9. The van der Waals surface area contributed by atoms with Gasteiger partial charge in [-0.25, -0.2) is 13.4 Å². The van der Waals surface area contributed by atoms with Gasteiger partial charge in [0.25, 0.3) is 0 Å². The number of amides is 1. The number of fused-ring (bicyclic) bond motifs is 1. The second-order valence-corrected chi connectivity index (χ2v) is 10.7. The Morgan fingerprint density at radius 2 is 1.79 bits per heavy atom. The number of anilines is 1. The van der Waals surface area contributed by atoms with Gasteiger partial charge < -0.3 is 14.8 Å². The van der Waals surface area contributed by atoms with Crippen LogP contribution in [0.15, 0.2) is 40.4 Å². The van der Waals surface area contributed by atoms with Gasteiger partial charge in [0.2, 0.25) is 22.7 Å². The zero-order valence-corrected chi connectivity index (χ0v) is 19.8. The third-order valence-electron chi connectivity index (χ3n) is 5.43. The average Bonchev–Trinajstić information content (AvgIpc) is 3.07. The zero-order valence-electron chi connectivity index (χ0n) is 18.2. The van der Waals surface area contributed by atoms with Crippen molar-refractivity contribution in [3.63, 3.8) is 0 Å². The summed E-state index contributed by atoms with van der Waals surface area (Å²) < 4.78 is 37.8. The van der Waals surface area contributed by atoms with Crippen molar-refractivity contribution in [2.24, 2.45) is 0 Å². The summed E-state index contributed by atoms with van der Waals surface area (Å²) in [5, 5.41) is 3.26. The van der Waals surface area contributed by atoms with Crippen molar-refractivity contribution < 1.29 is 27.5 Å². The summed E-state index contributed by atoms with van der Waals surface area (Å²) >= 11 is 1.17. The van der Waals surface area contributed by atoms with Gasteiger partial charge in [-0.1, -0.05) is 24.6 Å². The Morgan fingerprint density at radius 3 is 2.42 bits per heavy atom. The molecular weight excluding hydrogens is 466 g/mol. The largest absolute Gasteiger partial charge is 0.454 e. The van der Waals surface area contributed by atoms with Gasteiger partial charge >= 0.3 is 0 Å². The molecule has 1 aromatic heterocycles. The van der Waals surface area contributed by atoms with Crippen molar-refractivity contribution in [1.29, 1.82) is 0 Å². The van der Waals surface area contributed by atoms with Crippen LogP contribution in [0.5, 0.6) is 11.5 Å². The normalized spacial score (nSPS) is 16.3. The number of Topliss-reactive ketones (excluding diaryl/α,β-unsaturated/α-hetero) is 1. The van der Waals surface area contributed by atoms with Crippen molar-refractivity contribution >= 4 is 39.2 Å². The highest BCUT2D eigenvalue weighted by molar-refractivity contribution is 7.99. The van der Waals surface area contributed by atoms with Crippen LogP contribution in [0.1, 0.15) is 43.0 Å². The summed E-state index contributed by atoms with van der Waals surface area (Å²) in [5.74, 6) is 0.429. The van der Waals surface area contributed by atoms with Gasteiger partial charge in [0.1, 0.15) is 4.90 Å². The van der Waals surface area contributed by atoms with Crippen molar-refractivity contribution in [3.05, 3.63) is 36.0 Å². The molecule has 1 aromatic carbocycles. The van der Waals surface area contributed by atoms with Crippen LogP contribution in [0.3, 0.4) is 0 Å². The molecule has 1 fully saturated rings. The van der Waals surface area contributed by atoms with Crippen LogP contribution < -0.4 is 14.8 Å². The summed E-state index contributed by atoms with van der Waals surface area (Å²) in [6.45, 7) is 2.53. The minimum absolute atomic E-state index is 0.0387. The minimum atomic E-state index is -3.56. The predicted octanol–water partition coefficient (Wildman–Crippen LogP) is 3.31. The Kier molecular flexibility index (Phi) is 7.20. The lowest BCUT2D eigenvalue weighted by Gasteiger charge is -2.19. The van der Waals surface area contributed by atoms with Crippen LogP contribution in [0.25, 0.3) is 0 Å². The molecule has 9 nitrogen and oxygen atoms in total. The van der Waals surface area contributed by atoms with E-state index in [2.05, 4.69) is 10.3 Å². The smallest absolute Gasteiger partial charge is 0.244 e. The van der Waals surface area contributed by atoms with E-state index in [1.54, 1.807) is 18.2 Å². The van der Waals surface area contributed by atoms with E-state index >= 15 is 0 Å². The highest BCUT2D eigenvalue weighted by Gasteiger charge is 2.25. The quantitative estimate of drug-likeness (QED) is 0.463. The molecule has 0 spiro atoms. The lowest BCUT2D eigenvalue weighted by Crippen LogP contribution is -2.32. The standard InChI is InChI=1S/C22H25N3O6S2/c1-15(26)17-10-19-20(31-14-30-19)11-18(17)24-21(27)13-32-22-7-6-16(12-23-22)33(28,29)25-8-4-2-3-5-9-25/h6-7,10-12H,2-5,8-9,13-14H2,1H3,(H,24,27). The van der Waals surface area contributed by atoms with Crippen LogP contribution in [-0.4, -0.2) is 55.0 Å². The van der Waals surface area contributed by atoms with E-state index in [9.17, 15) is 18.0 Å². The Labute approximate surface area is 196 Å². The number of rotatable bonds is 7. The first-order valence-corrected chi connectivity index (χ1v) is 13.1. The second-order valence-electron chi connectivity index (χ2n) is 7.79. The number of thioether (sulfide) groups is 1. The van der Waals surface area contributed by atoms with E-state index in [4.69, 9.17) is 9.47 Å². The Morgan fingerprint density at radius 1 is 1.09 bits per heavy atom. The number of sulfonamides is 1. The Bertz CT molecular complexity index is 1140. The molecule has 2 aliphatic rings. The molecule has 1 saturated heterocycles. The van der Waals surface area contributed by atoms with Gasteiger partial charge in [0.15, 0.2) is 17.3 Å². The van der Waals surface area contributed by atoms with Crippen LogP contribution in [0, 0.1) is 0 Å². The highest BCUT2D eigenvalue weighted by atomic mass is 32.2. The molecule has 0 bridgehead atoms.